The number of alkyl halides is 3. The van der Waals surface area contributed by atoms with Crippen LogP contribution in [0.15, 0.2) is 46.2 Å². The van der Waals surface area contributed by atoms with E-state index in [4.69, 9.17) is 11.6 Å². The van der Waals surface area contributed by atoms with Crippen LogP contribution >= 0.6 is 23.4 Å². The van der Waals surface area contributed by atoms with Crippen LogP contribution in [0.3, 0.4) is 0 Å². The second-order valence-corrected chi connectivity index (χ2v) is 8.08. The standard InChI is InChI=1S/C19H17ClF4N2O3S/c1-18(29,19(22,23)24)17(28)25-12-8-9-13(14(20)15(12)21)30-11-6-4-10(5-7-11)16(27)26(2)3/h4-9,29H,1-3H3,(H,25,28). The van der Waals surface area contributed by atoms with Crippen molar-refractivity contribution in [2.75, 3.05) is 19.4 Å². The van der Waals surface area contributed by atoms with Gasteiger partial charge in [-0.2, -0.15) is 13.2 Å². The Balaban J connectivity index is 2.21. The van der Waals surface area contributed by atoms with Crippen LogP contribution in [0.25, 0.3) is 0 Å². The highest BCUT2D eigenvalue weighted by Crippen LogP contribution is 2.38. The van der Waals surface area contributed by atoms with Crippen LogP contribution in [0, 0.1) is 5.82 Å². The average molecular weight is 465 g/mol. The molecular weight excluding hydrogens is 448 g/mol. The van der Waals surface area contributed by atoms with E-state index in [0.29, 0.717) is 10.5 Å². The lowest BCUT2D eigenvalue weighted by molar-refractivity contribution is -0.242. The number of rotatable bonds is 5. The van der Waals surface area contributed by atoms with E-state index in [-0.39, 0.29) is 17.7 Å². The first kappa shape index (κ1) is 24.0. The molecule has 0 aromatic heterocycles. The van der Waals surface area contributed by atoms with E-state index in [2.05, 4.69) is 0 Å². The Bertz CT molecular complexity index is 963. The SMILES string of the molecule is CN(C)C(=O)c1ccc(Sc2ccc(NC(=O)C(C)(O)C(F)(F)F)c(F)c2Cl)cc1. The molecule has 0 heterocycles. The molecule has 1 unspecified atom stereocenters. The van der Waals surface area contributed by atoms with E-state index in [0.717, 1.165) is 17.8 Å². The number of nitrogens with one attached hydrogen (secondary N) is 1. The number of hydrogen-bond acceptors (Lipinski definition) is 4. The van der Waals surface area contributed by atoms with E-state index in [9.17, 15) is 32.3 Å². The zero-order valence-electron chi connectivity index (χ0n) is 16.0. The summed E-state index contributed by atoms with van der Waals surface area (Å²) in [5.74, 6) is -3.18. The van der Waals surface area contributed by atoms with Crippen molar-refractivity contribution < 1.29 is 32.3 Å². The number of halogens is 5. The maximum Gasteiger partial charge on any atom is 0.426 e. The topological polar surface area (TPSA) is 69.6 Å². The lowest BCUT2D eigenvalue weighted by Crippen LogP contribution is -2.52. The Morgan fingerprint density at radius 1 is 1.10 bits per heavy atom. The van der Waals surface area contributed by atoms with Gasteiger partial charge in [0.15, 0.2) is 5.82 Å². The summed E-state index contributed by atoms with van der Waals surface area (Å²) in [6.45, 7) is 0.261. The summed E-state index contributed by atoms with van der Waals surface area (Å²) in [5, 5.41) is 10.6. The Hall–Kier alpha value is -2.30. The molecule has 0 aliphatic carbocycles. The molecule has 2 N–H and O–H groups in total. The largest absolute Gasteiger partial charge is 0.426 e. The fourth-order valence-electron chi connectivity index (χ4n) is 2.13. The second kappa shape index (κ2) is 8.83. The third kappa shape index (κ3) is 5.05. The van der Waals surface area contributed by atoms with E-state index in [1.165, 1.54) is 11.0 Å². The summed E-state index contributed by atoms with van der Waals surface area (Å²) in [7, 11) is 3.23. The first-order valence-corrected chi connectivity index (χ1v) is 9.53. The number of amides is 2. The lowest BCUT2D eigenvalue weighted by Gasteiger charge is -2.25. The number of aliphatic hydroxyl groups is 1. The fourth-order valence-corrected chi connectivity index (χ4v) is 3.25. The van der Waals surface area contributed by atoms with Gasteiger partial charge in [0.2, 0.25) is 5.60 Å². The minimum atomic E-state index is -5.24. The van der Waals surface area contributed by atoms with Crippen molar-refractivity contribution in [3.63, 3.8) is 0 Å². The van der Waals surface area contributed by atoms with Crippen LogP contribution in [0.5, 0.6) is 0 Å². The maximum absolute atomic E-state index is 14.5. The molecule has 0 aliphatic heterocycles. The normalized spacial score (nSPS) is 13.5. The molecule has 5 nitrogen and oxygen atoms in total. The Kier molecular flexibility index (Phi) is 7.05. The van der Waals surface area contributed by atoms with Crippen LogP contribution in [-0.4, -0.2) is 47.7 Å². The van der Waals surface area contributed by atoms with Gasteiger partial charge in [-0.25, -0.2) is 4.39 Å². The molecule has 162 valence electrons. The molecule has 2 aromatic rings. The number of anilines is 1. The van der Waals surface area contributed by atoms with Gasteiger partial charge in [-0.3, -0.25) is 9.59 Å². The van der Waals surface area contributed by atoms with Crippen LogP contribution < -0.4 is 5.32 Å². The molecule has 1 atom stereocenters. The third-order valence-electron chi connectivity index (χ3n) is 4.02. The van der Waals surface area contributed by atoms with Crippen molar-refractivity contribution in [1.82, 2.24) is 4.90 Å². The number of nitrogens with zero attached hydrogens (tertiary/aromatic N) is 1. The molecule has 2 rings (SSSR count). The predicted octanol–water partition coefficient (Wildman–Crippen LogP) is 4.58. The summed E-state index contributed by atoms with van der Waals surface area (Å²) in [4.78, 5) is 25.9. The number of carbonyl (C=O) groups excluding carboxylic acids is 2. The number of carbonyl (C=O) groups is 2. The Morgan fingerprint density at radius 3 is 2.17 bits per heavy atom. The predicted molar refractivity (Wildman–Crippen MR) is 105 cm³/mol. The maximum atomic E-state index is 14.5. The van der Waals surface area contributed by atoms with Crippen LogP contribution in [0.1, 0.15) is 17.3 Å². The first-order chi connectivity index (χ1) is 13.8. The van der Waals surface area contributed by atoms with Gasteiger partial charge < -0.3 is 15.3 Å². The highest BCUT2D eigenvalue weighted by molar-refractivity contribution is 7.99. The Labute approximate surface area is 179 Å². The third-order valence-corrected chi connectivity index (χ3v) is 5.57. The minimum Gasteiger partial charge on any atom is -0.373 e. The van der Waals surface area contributed by atoms with Gasteiger partial charge in [0.25, 0.3) is 11.8 Å². The van der Waals surface area contributed by atoms with Gasteiger partial charge in [-0.05, 0) is 43.3 Å². The number of hydrogen-bond donors (Lipinski definition) is 2. The zero-order chi connectivity index (χ0) is 22.9. The molecule has 2 aromatic carbocycles. The quantitative estimate of drug-likeness (QED) is 0.635. The lowest BCUT2D eigenvalue weighted by atomic mass is 10.1. The molecule has 11 heteroatoms. The van der Waals surface area contributed by atoms with Crippen molar-refractivity contribution in [2.24, 2.45) is 0 Å². The number of benzene rings is 2. The van der Waals surface area contributed by atoms with Crippen molar-refractivity contribution in [3.05, 3.63) is 52.8 Å². The van der Waals surface area contributed by atoms with E-state index >= 15 is 0 Å². The average Bonchev–Trinajstić information content (AvgIpc) is 2.66. The van der Waals surface area contributed by atoms with Gasteiger partial charge in [-0.15, -0.1) is 0 Å². The Morgan fingerprint density at radius 2 is 1.67 bits per heavy atom. The van der Waals surface area contributed by atoms with Crippen LogP contribution in [-0.2, 0) is 4.79 Å². The smallest absolute Gasteiger partial charge is 0.373 e. The van der Waals surface area contributed by atoms with E-state index in [1.54, 1.807) is 43.7 Å². The minimum absolute atomic E-state index is 0.189. The molecule has 0 bridgehead atoms. The highest BCUT2D eigenvalue weighted by atomic mass is 35.5. The summed E-state index contributed by atoms with van der Waals surface area (Å²) in [5.41, 5.74) is -3.85. The van der Waals surface area contributed by atoms with Crippen molar-refractivity contribution in [3.8, 4) is 0 Å². The summed E-state index contributed by atoms with van der Waals surface area (Å²) >= 11 is 7.02. The van der Waals surface area contributed by atoms with Crippen molar-refractivity contribution in [1.29, 1.82) is 0 Å². The fraction of sp³-hybridized carbons (Fsp3) is 0.263. The van der Waals surface area contributed by atoms with Crippen LogP contribution in [0.4, 0.5) is 23.2 Å². The van der Waals surface area contributed by atoms with Gasteiger partial charge in [0.1, 0.15) is 0 Å². The van der Waals surface area contributed by atoms with E-state index in [1.807, 2.05) is 0 Å². The molecule has 0 aliphatic rings. The monoisotopic (exact) mass is 464 g/mol. The first-order valence-electron chi connectivity index (χ1n) is 8.34. The van der Waals surface area contributed by atoms with Gasteiger partial charge in [-0.1, -0.05) is 23.4 Å². The molecule has 0 saturated carbocycles. The molecular formula is C19H17ClF4N2O3S. The second-order valence-electron chi connectivity index (χ2n) is 6.59. The highest BCUT2D eigenvalue weighted by Gasteiger charge is 2.55. The van der Waals surface area contributed by atoms with Crippen molar-refractivity contribution >= 4 is 40.9 Å². The van der Waals surface area contributed by atoms with Gasteiger partial charge >= 0.3 is 6.18 Å². The molecule has 0 fully saturated rings. The van der Waals surface area contributed by atoms with Crippen molar-refractivity contribution in [2.45, 2.75) is 28.5 Å². The molecule has 0 radical (unpaired) electrons. The summed E-state index contributed by atoms with van der Waals surface area (Å²) < 4.78 is 52.7. The molecule has 2 amide bonds. The molecule has 0 spiro atoms. The van der Waals surface area contributed by atoms with Crippen LogP contribution in [0.2, 0.25) is 5.02 Å². The van der Waals surface area contributed by atoms with Gasteiger partial charge in [0, 0.05) is 29.4 Å². The van der Waals surface area contributed by atoms with Gasteiger partial charge in [0.05, 0.1) is 10.7 Å². The summed E-state index contributed by atoms with van der Waals surface area (Å²) in [6.07, 6.45) is -5.24. The molecule has 30 heavy (non-hydrogen) atoms. The van der Waals surface area contributed by atoms with E-state index < -0.39 is 34.2 Å². The molecule has 0 saturated heterocycles. The summed E-state index contributed by atoms with van der Waals surface area (Å²) in [6, 6.07) is 8.79. The zero-order valence-corrected chi connectivity index (χ0v) is 17.5.